The van der Waals surface area contributed by atoms with Gasteiger partial charge < -0.3 is 20.1 Å². The Labute approximate surface area is 217 Å². The van der Waals surface area contributed by atoms with E-state index in [1.54, 1.807) is 19.3 Å². The van der Waals surface area contributed by atoms with Crippen LogP contribution in [0.25, 0.3) is 16.7 Å². The van der Waals surface area contributed by atoms with Gasteiger partial charge in [0.05, 0.1) is 17.6 Å². The van der Waals surface area contributed by atoms with E-state index < -0.39 is 6.04 Å². The van der Waals surface area contributed by atoms with E-state index in [9.17, 15) is 14.0 Å². The van der Waals surface area contributed by atoms with Gasteiger partial charge in [0.15, 0.2) is 0 Å². The van der Waals surface area contributed by atoms with E-state index >= 15 is 0 Å². The summed E-state index contributed by atoms with van der Waals surface area (Å²) in [7, 11) is 1.75. The number of hydrogen-bond acceptors (Lipinski definition) is 4. The van der Waals surface area contributed by atoms with Crippen molar-refractivity contribution in [3.05, 3.63) is 60.2 Å². The molecule has 196 valence electrons. The van der Waals surface area contributed by atoms with Crippen molar-refractivity contribution in [3.63, 3.8) is 0 Å². The van der Waals surface area contributed by atoms with Crippen LogP contribution in [0.15, 0.2) is 48.8 Å². The molecule has 2 N–H and O–H groups in total. The highest BCUT2D eigenvalue weighted by molar-refractivity contribution is 5.90. The van der Waals surface area contributed by atoms with E-state index in [4.69, 9.17) is 0 Å². The summed E-state index contributed by atoms with van der Waals surface area (Å²) in [6, 6.07) is 9.67. The fourth-order valence-corrected chi connectivity index (χ4v) is 5.89. The van der Waals surface area contributed by atoms with Crippen molar-refractivity contribution >= 4 is 22.7 Å². The summed E-state index contributed by atoms with van der Waals surface area (Å²) in [5.74, 6) is 0.430. The van der Waals surface area contributed by atoms with Crippen LogP contribution >= 0.6 is 0 Å². The SMILES string of the molecule is CNC(C)C(=O)N[C@H](C(=O)N1CCCC1c1ccnc(-n2ccc3ccc(F)cc32)c1)C1CCCCC1. The second kappa shape index (κ2) is 11.0. The lowest BCUT2D eigenvalue weighted by molar-refractivity contribution is -0.139. The summed E-state index contributed by atoms with van der Waals surface area (Å²) in [6.45, 7) is 2.48. The topological polar surface area (TPSA) is 79.3 Å². The van der Waals surface area contributed by atoms with Gasteiger partial charge in [0.1, 0.15) is 17.7 Å². The average Bonchev–Trinajstić information content (AvgIpc) is 3.59. The molecule has 1 aromatic carbocycles. The van der Waals surface area contributed by atoms with Crippen LogP contribution in [0, 0.1) is 11.7 Å². The maximum atomic E-state index is 14.0. The number of fused-ring (bicyclic) bond motifs is 1. The second-order valence-electron chi connectivity index (χ2n) is 10.4. The zero-order valence-electron chi connectivity index (χ0n) is 21.6. The van der Waals surface area contributed by atoms with Gasteiger partial charge in [-0.2, -0.15) is 0 Å². The van der Waals surface area contributed by atoms with E-state index in [1.807, 2.05) is 40.8 Å². The Hall–Kier alpha value is -3.26. The fourth-order valence-electron chi connectivity index (χ4n) is 5.89. The minimum absolute atomic E-state index is 0.0119. The van der Waals surface area contributed by atoms with Gasteiger partial charge in [0.2, 0.25) is 11.8 Å². The fraction of sp³-hybridized carbons (Fsp3) is 0.483. The molecule has 2 aliphatic rings. The Kier molecular flexibility index (Phi) is 7.55. The van der Waals surface area contributed by atoms with Crippen molar-refractivity contribution in [2.75, 3.05) is 13.6 Å². The number of carbonyl (C=O) groups excluding carboxylic acids is 2. The molecule has 2 amide bonds. The van der Waals surface area contributed by atoms with Gasteiger partial charge in [-0.1, -0.05) is 19.3 Å². The zero-order chi connectivity index (χ0) is 25.9. The monoisotopic (exact) mass is 505 g/mol. The van der Waals surface area contributed by atoms with E-state index in [1.165, 1.54) is 18.6 Å². The van der Waals surface area contributed by atoms with Crippen LogP contribution in [0.1, 0.15) is 63.5 Å². The highest BCUT2D eigenvalue weighted by Crippen LogP contribution is 2.35. The molecule has 37 heavy (non-hydrogen) atoms. The first-order valence-electron chi connectivity index (χ1n) is 13.5. The van der Waals surface area contributed by atoms with Crippen LogP contribution in [0.2, 0.25) is 0 Å². The minimum Gasteiger partial charge on any atom is -0.343 e. The summed E-state index contributed by atoms with van der Waals surface area (Å²) in [4.78, 5) is 33.4. The van der Waals surface area contributed by atoms with Crippen molar-refractivity contribution < 1.29 is 14.0 Å². The molecule has 0 spiro atoms. The molecule has 2 aromatic heterocycles. The van der Waals surface area contributed by atoms with Gasteiger partial charge in [-0.25, -0.2) is 9.37 Å². The molecule has 2 unspecified atom stereocenters. The highest BCUT2D eigenvalue weighted by Gasteiger charge is 2.39. The van der Waals surface area contributed by atoms with Gasteiger partial charge in [-0.15, -0.1) is 0 Å². The van der Waals surface area contributed by atoms with Crippen molar-refractivity contribution in [2.45, 2.75) is 70.0 Å². The molecule has 0 bridgehead atoms. The average molecular weight is 506 g/mol. The quantitative estimate of drug-likeness (QED) is 0.496. The van der Waals surface area contributed by atoms with Crippen LogP contribution in [-0.2, 0) is 9.59 Å². The van der Waals surface area contributed by atoms with Crippen molar-refractivity contribution in [2.24, 2.45) is 5.92 Å². The zero-order valence-corrected chi connectivity index (χ0v) is 21.6. The number of amides is 2. The van der Waals surface area contributed by atoms with Crippen LogP contribution in [0.3, 0.4) is 0 Å². The second-order valence-corrected chi connectivity index (χ2v) is 10.4. The minimum atomic E-state index is -0.512. The number of likely N-dealkylation sites (N-methyl/N-ethyl adjacent to an activating group) is 1. The molecule has 3 heterocycles. The molecule has 1 saturated carbocycles. The first-order valence-corrected chi connectivity index (χ1v) is 13.5. The predicted molar refractivity (Wildman–Crippen MR) is 142 cm³/mol. The van der Waals surface area contributed by atoms with E-state index in [0.717, 1.165) is 55.0 Å². The summed E-state index contributed by atoms with van der Waals surface area (Å²) < 4.78 is 15.8. The summed E-state index contributed by atoms with van der Waals surface area (Å²) in [5.41, 5.74) is 1.76. The lowest BCUT2D eigenvalue weighted by Gasteiger charge is -2.35. The molecule has 1 aliphatic carbocycles. The molecule has 1 saturated heterocycles. The third kappa shape index (κ3) is 5.25. The number of hydrogen-bond donors (Lipinski definition) is 2. The van der Waals surface area contributed by atoms with Gasteiger partial charge in [0, 0.05) is 24.3 Å². The van der Waals surface area contributed by atoms with E-state index in [-0.39, 0.29) is 35.6 Å². The normalized spacial score (nSPS) is 20.2. The summed E-state index contributed by atoms with van der Waals surface area (Å²) in [5, 5.41) is 7.02. The first kappa shape index (κ1) is 25.4. The Balaban J connectivity index is 1.42. The molecule has 8 heteroatoms. The van der Waals surface area contributed by atoms with Crippen LogP contribution < -0.4 is 10.6 Å². The molecular weight excluding hydrogens is 469 g/mol. The molecule has 7 nitrogen and oxygen atoms in total. The summed E-state index contributed by atoms with van der Waals surface area (Å²) >= 11 is 0. The molecule has 1 aliphatic heterocycles. The van der Waals surface area contributed by atoms with Gasteiger partial charge >= 0.3 is 0 Å². The number of carbonyl (C=O) groups is 2. The van der Waals surface area contributed by atoms with Crippen LogP contribution in [-0.4, -0.2) is 51.9 Å². The maximum Gasteiger partial charge on any atom is 0.245 e. The Bertz CT molecular complexity index is 1270. The Morgan fingerprint density at radius 1 is 1.05 bits per heavy atom. The van der Waals surface area contributed by atoms with Gasteiger partial charge in [0.25, 0.3) is 0 Å². The number of nitrogens with zero attached hydrogens (tertiary/aromatic N) is 3. The van der Waals surface area contributed by atoms with Gasteiger partial charge in [-0.3, -0.25) is 9.59 Å². The molecular formula is C29H36FN5O2. The first-order chi connectivity index (χ1) is 18.0. The molecule has 3 aromatic rings. The largest absolute Gasteiger partial charge is 0.343 e. The lowest BCUT2D eigenvalue weighted by Crippen LogP contribution is -2.55. The van der Waals surface area contributed by atoms with Crippen molar-refractivity contribution in [1.82, 2.24) is 25.1 Å². The standard InChI is InChI=1S/C29H36FN5O2/c1-19(31-2)28(36)33-27(21-7-4-3-5-8-21)29(37)35-15-6-9-24(35)22-12-14-32-26(17-22)34-16-13-20-10-11-23(30)18-25(20)34/h10-14,16-19,21,24,27,31H,3-9,15H2,1-2H3,(H,33,36)/t19?,24?,27-/m0/s1. The molecule has 5 rings (SSSR count). The number of rotatable bonds is 7. The smallest absolute Gasteiger partial charge is 0.245 e. The summed E-state index contributed by atoms with van der Waals surface area (Å²) in [6.07, 6.45) is 10.7. The molecule has 3 atom stereocenters. The van der Waals surface area contributed by atoms with Gasteiger partial charge in [-0.05, 0) is 87.5 Å². The predicted octanol–water partition coefficient (Wildman–Crippen LogP) is 4.50. The number of nitrogens with one attached hydrogen (secondary N) is 2. The number of pyridine rings is 1. The number of benzene rings is 1. The van der Waals surface area contributed by atoms with Crippen LogP contribution in [0.5, 0.6) is 0 Å². The molecule has 0 radical (unpaired) electrons. The molecule has 2 fully saturated rings. The number of halogens is 1. The lowest BCUT2D eigenvalue weighted by atomic mass is 9.83. The van der Waals surface area contributed by atoms with E-state index in [0.29, 0.717) is 12.4 Å². The number of likely N-dealkylation sites (tertiary alicyclic amines) is 1. The third-order valence-corrected chi connectivity index (χ3v) is 8.10. The Morgan fingerprint density at radius 2 is 1.86 bits per heavy atom. The van der Waals surface area contributed by atoms with E-state index in [2.05, 4.69) is 15.6 Å². The third-order valence-electron chi connectivity index (χ3n) is 8.10. The highest BCUT2D eigenvalue weighted by atomic mass is 19.1. The van der Waals surface area contributed by atoms with Crippen molar-refractivity contribution in [3.8, 4) is 5.82 Å². The number of aromatic nitrogens is 2. The maximum absolute atomic E-state index is 14.0. The van der Waals surface area contributed by atoms with Crippen LogP contribution in [0.4, 0.5) is 4.39 Å². The van der Waals surface area contributed by atoms with Crippen molar-refractivity contribution in [1.29, 1.82) is 0 Å². The Morgan fingerprint density at radius 3 is 2.65 bits per heavy atom.